The third-order valence-corrected chi connectivity index (χ3v) is 6.43. The second kappa shape index (κ2) is 5.85. The summed E-state index contributed by atoms with van der Waals surface area (Å²) in [4.78, 5) is 33.7. The second-order valence-electron chi connectivity index (χ2n) is 7.81. The van der Waals surface area contributed by atoms with Crippen molar-refractivity contribution in [3.8, 4) is 0 Å². The topological polar surface area (TPSA) is 75.3 Å². The number of hydrogen-bond acceptors (Lipinski definition) is 4. The van der Waals surface area contributed by atoms with Gasteiger partial charge in [0.25, 0.3) is 0 Å². The smallest absolute Gasteiger partial charge is 0.217 e. The Morgan fingerprint density at radius 3 is 2.57 bits per heavy atom. The number of halogens is 1. The maximum absolute atomic E-state index is 12.0. The minimum Gasteiger partial charge on any atom is -0.353 e. The molecule has 1 amide bonds. The Balaban J connectivity index is 1.70. The number of carbonyl (C=O) groups excluding carboxylic acids is 3. The Bertz CT molecular complexity index is 526. The summed E-state index contributed by atoms with van der Waals surface area (Å²) in [5, 5.41) is 6.59. The van der Waals surface area contributed by atoms with E-state index in [1.54, 1.807) is 6.92 Å². The Morgan fingerprint density at radius 2 is 2.00 bits per heavy atom. The molecular formula is C17H25ClN2O3. The molecule has 5 nitrogen and oxygen atoms in total. The first-order chi connectivity index (χ1) is 10.8. The average molecular weight is 341 g/mol. The first-order valence-corrected chi connectivity index (χ1v) is 8.87. The normalized spacial score (nSPS) is 48.4. The van der Waals surface area contributed by atoms with Crippen LogP contribution in [0.15, 0.2) is 0 Å². The fraction of sp³-hybridized carbons (Fsp3) is 0.824. The Labute approximate surface area is 141 Å². The second-order valence-corrected chi connectivity index (χ2v) is 8.56. The van der Waals surface area contributed by atoms with Crippen LogP contribution in [0.2, 0.25) is 0 Å². The predicted octanol–water partition coefficient (Wildman–Crippen LogP) is 1.42. The maximum atomic E-state index is 12.0. The Kier molecular flexibility index (Phi) is 4.30. The van der Waals surface area contributed by atoms with E-state index in [2.05, 4.69) is 17.6 Å². The van der Waals surface area contributed by atoms with E-state index in [0.717, 1.165) is 31.8 Å². The molecule has 0 aromatic heterocycles. The van der Waals surface area contributed by atoms with Crippen molar-refractivity contribution in [1.82, 2.24) is 10.6 Å². The standard InChI is InChI=1S/C17H25ClN2O3/c1-10-6-17(9-22,14-5-13(14)15(10)19-11(2)23)20-12-3-4-16(18,7-12)8-21/h8-10,12-15,20H,3-7H2,1-2H3,(H,19,23)/t10-,12?,13?,14-,15?,16?,17?/m1/s1. The summed E-state index contributed by atoms with van der Waals surface area (Å²) in [5.74, 6) is 0.879. The van der Waals surface area contributed by atoms with Crippen molar-refractivity contribution in [2.75, 3.05) is 0 Å². The molecule has 23 heavy (non-hydrogen) atoms. The lowest BCUT2D eigenvalue weighted by atomic mass is 9.74. The molecule has 0 aliphatic heterocycles. The van der Waals surface area contributed by atoms with Crippen LogP contribution in [0, 0.1) is 17.8 Å². The van der Waals surface area contributed by atoms with Crippen LogP contribution in [0.5, 0.6) is 0 Å². The van der Waals surface area contributed by atoms with E-state index in [-0.39, 0.29) is 29.8 Å². The van der Waals surface area contributed by atoms with E-state index in [9.17, 15) is 14.4 Å². The molecule has 0 saturated heterocycles. The van der Waals surface area contributed by atoms with Gasteiger partial charge in [0.15, 0.2) is 0 Å². The van der Waals surface area contributed by atoms with Crippen molar-refractivity contribution in [3.63, 3.8) is 0 Å². The molecule has 2 N–H and O–H groups in total. The molecule has 0 radical (unpaired) electrons. The third-order valence-electron chi connectivity index (χ3n) is 5.99. The summed E-state index contributed by atoms with van der Waals surface area (Å²) < 4.78 is 0. The summed E-state index contributed by atoms with van der Waals surface area (Å²) in [7, 11) is 0. The molecule has 0 aromatic rings. The van der Waals surface area contributed by atoms with Crippen molar-refractivity contribution >= 4 is 30.1 Å². The first-order valence-electron chi connectivity index (χ1n) is 8.49. The van der Waals surface area contributed by atoms with Crippen LogP contribution in [0.1, 0.15) is 46.0 Å². The van der Waals surface area contributed by atoms with Crippen LogP contribution in [0.3, 0.4) is 0 Å². The number of amides is 1. The van der Waals surface area contributed by atoms with E-state index in [4.69, 9.17) is 11.6 Å². The van der Waals surface area contributed by atoms with Crippen molar-refractivity contribution < 1.29 is 14.4 Å². The number of fused-ring (bicyclic) bond motifs is 1. The molecule has 3 saturated carbocycles. The van der Waals surface area contributed by atoms with Crippen LogP contribution in [-0.2, 0) is 14.4 Å². The van der Waals surface area contributed by atoms with Crippen molar-refractivity contribution in [2.45, 2.75) is 68.4 Å². The fourth-order valence-corrected chi connectivity index (χ4v) is 5.19. The number of aldehydes is 2. The van der Waals surface area contributed by atoms with Gasteiger partial charge in [-0.2, -0.15) is 0 Å². The molecule has 5 unspecified atom stereocenters. The van der Waals surface area contributed by atoms with Gasteiger partial charge in [0.05, 0.1) is 5.54 Å². The zero-order chi connectivity index (χ0) is 16.8. The van der Waals surface area contributed by atoms with Gasteiger partial charge in [0.1, 0.15) is 17.4 Å². The van der Waals surface area contributed by atoms with E-state index < -0.39 is 10.4 Å². The van der Waals surface area contributed by atoms with Crippen LogP contribution < -0.4 is 10.6 Å². The highest BCUT2D eigenvalue weighted by atomic mass is 35.5. The van der Waals surface area contributed by atoms with Crippen LogP contribution in [0.4, 0.5) is 0 Å². The minimum atomic E-state index is -0.774. The zero-order valence-electron chi connectivity index (χ0n) is 13.7. The largest absolute Gasteiger partial charge is 0.353 e. The molecule has 128 valence electrons. The molecule has 0 spiro atoms. The van der Waals surface area contributed by atoms with E-state index in [0.29, 0.717) is 18.8 Å². The number of carbonyl (C=O) groups is 3. The molecule has 0 heterocycles. The fourth-order valence-electron chi connectivity index (χ4n) is 4.89. The molecule has 3 aliphatic rings. The number of nitrogens with one attached hydrogen (secondary N) is 2. The van der Waals surface area contributed by atoms with Crippen molar-refractivity contribution in [1.29, 1.82) is 0 Å². The minimum absolute atomic E-state index is 0.00670. The molecule has 3 rings (SSSR count). The lowest BCUT2D eigenvalue weighted by Gasteiger charge is -2.42. The van der Waals surface area contributed by atoms with Gasteiger partial charge in [0.2, 0.25) is 5.91 Å². The van der Waals surface area contributed by atoms with Gasteiger partial charge in [-0.1, -0.05) is 6.92 Å². The van der Waals surface area contributed by atoms with Gasteiger partial charge in [-0.25, -0.2) is 0 Å². The van der Waals surface area contributed by atoms with Crippen molar-refractivity contribution in [3.05, 3.63) is 0 Å². The molecule has 3 fully saturated rings. The SMILES string of the molecule is CC(=O)NC1C2C[C@H]2C(C=O)(NC2CCC(Cl)(C=O)C2)C[C@H]1C. The van der Waals surface area contributed by atoms with Gasteiger partial charge in [0, 0.05) is 19.0 Å². The van der Waals surface area contributed by atoms with Crippen molar-refractivity contribution in [2.24, 2.45) is 17.8 Å². The third kappa shape index (κ3) is 3.05. The van der Waals surface area contributed by atoms with E-state index in [1.807, 2.05) is 0 Å². The summed E-state index contributed by atoms with van der Waals surface area (Å²) in [6.45, 7) is 3.64. The summed E-state index contributed by atoms with van der Waals surface area (Å²) in [6, 6.07) is 0.270. The average Bonchev–Trinajstić information content (AvgIpc) is 3.22. The highest BCUT2D eigenvalue weighted by Gasteiger charge is 2.61. The maximum Gasteiger partial charge on any atom is 0.217 e. The van der Waals surface area contributed by atoms with E-state index >= 15 is 0 Å². The lowest BCUT2D eigenvalue weighted by molar-refractivity contribution is -0.121. The van der Waals surface area contributed by atoms with Crippen LogP contribution in [-0.4, -0.2) is 41.0 Å². The van der Waals surface area contributed by atoms with Gasteiger partial charge in [-0.05, 0) is 49.9 Å². The first kappa shape index (κ1) is 16.9. The molecule has 7 atom stereocenters. The van der Waals surface area contributed by atoms with Crippen LogP contribution in [0.25, 0.3) is 0 Å². The molecular weight excluding hydrogens is 316 g/mol. The molecule has 3 aliphatic carbocycles. The van der Waals surface area contributed by atoms with Gasteiger partial charge in [-0.3, -0.25) is 4.79 Å². The highest BCUT2D eigenvalue weighted by Crippen LogP contribution is 2.56. The van der Waals surface area contributed by atoms with Gasteiger partial charge < -0.3 is 20.2 Å². The number of alkyl halides is 1. The van der Waals surface area contributed by atoms with Gasteiger partial charge in [-0.15, -0.1) is 11.6 Å². The predicted molar refractivity (Wildman–Crippen MR) is 87.2 cm³/mol. The van der Waals surface area contributed by atoms with E-state index in [1.165, 1.54) is 0 Å². The lowest BCUT2D eigenvalue weighted by Crippen LogP contribution is -2.59. The molecule has 0 aromatic carbocycles. The Hall–Kier alpha value is -0.940. The number of rotatable bonds is 5. The van der Waals surface area contributed by atoms with Gasteiger partial charge >= 0.3 is 0 Å². The summed E-state index contributed by atoms with van der Waals surface area (Å²) in [5.41, 5.74) is -0.533. The Morgan fingerprint density at radius 1 is 1.26 bits per heavy atom. The molecule has 0 bridgehead atoms. The number of hydrogen-bond donors (Lipinski definition) is 2. The molecule has 6 heteroatoms. The monoisotopic (exact) mass is 340 g/mol. The quantitative estimate of drug-likeness (QED) is 0.586. The summed E-state index contributed by atoms with van der Waals surface area (Å²) >= 11 is 6.27. The van der Waals surface area contributed by atoms with Crippen LogP contribution >= 0.6 is 11.6 Å². The zero-order valence-corrected chi connectivity index (χ0v) is 14.4. The highest BCUT2D eigenvalue weighted by molar-refractivity contribution is 6.31. The summed E-state index contributed by atoms with van der Waals surface area (Å²) in [6.07, 6.45) is 5.63.